The van der Waals surface area contributed by atoms with Gasteiger partial charge in [0.15, 0.2) is 21.4 Å². The average Bonchev–Trinajstić information content (AvgIpc) is 2.49. The summed E-state index contributed by atoms with van der Waals surface area (Å²) in [4.78, 5) is 11.3. The number of ether oxygens (including phenoxy) is 3. The van der Waals surface area contributed by atoms with Crippen LogP contribution in [0, 0.1) is 0 Å². The highest BCUT2D eigenvalue weighted by Crippen LogP contribution is 2.38. The number of carbonyl (C=O) groups is 1. The Hall–Kier alpha value is -1.37. The number of methoxy groups -OCH3 is 2. The molecule has 1 aromatic carbocycles. The monoisotopic (exact) mass is 340 g/mol. The summed E-state index contributed by atoms with van der Waals surface area (Å²) in [6.07, 6.45) is 0.764. The molecule has 130 valence electrons. The normalized spacial score (nSPS) is 12.1. The summed E-state index contributed by atoms with van der Waals surface area (Å²) >= 11 is 0. The molecule has 0 radical (unpaired) electrons. The van der Waals surface area contributed by atoms with E-state index in [9.17, 15) is 4.79 Å². The molecule has 0 fully saturated rings. The second kappa shape index (κ2) is 7.94. The van der Waals surface area contributed by atoms with Crippen molar-refractivity contribution in [3.05, 3.63) is 23.3 Å². The number of aldehydes is 1. The summed E-state index contributed by atoms with van der Waals surface area (Å²) in [6, 6.07) is 3.46. The van der Waals surface area contributed by atoms with Crippen molar-refractivity contribution in [2.45, 2.75) is 45.5 Å². The van der Waals surface area contributed by atoms with Gasteiger partial charge >= 0.3 is 0 Å². The second-order valence-corrected chi connectivity index (χ2v) is 11.7. The Morgan fingerprint density at radius 1 is 1.13 bits per heavy atom. The van der Waals surface area contributed by atoms with Crippen LogP contribution < -0.4 is 9.47 Å². The van der Waals surface area contributed by atoms with Gasteiger partial charge in [0.05, 0.1) is 19.3 Å². The molecule has 1 rings (SSSR count). The van der Waals surface area contributed by atoms with Crippen molar-refractivity contribution >= 4 is 14.6 Å². The first-order valence-corrected chi connectivity index (χ1v) is 10.5. The molecule has 0 unspecified atom stereocenters. The molecule has 0 heterocycles. The second-order valence-electron chi connectivity index (χ2n) is 6.92. The third-order valence-electron chi connectivity index (χ3n) is 4.27. The lowest BCUT2D eigenvalue weighted by Gasteiger charge is -2.36. The SMILES string of the molecule is COCOc1cc(OC)c(CO[Si](C)(C)C(C)(C)C)cc1C=O. The molecule has 0 amide bonds. The zero-order chi connectivity index (χ0) is 17.7. The fourth-order valence-corrected chi connectivity index (χ4v) is 2.69. The van der Waals surface area contributed by atoms with E-state index in [0.717, 1.165) is 11.8 Å². The quantitative estimate of drug-likeness (QED) is 0.406. The van der Waals surface area contributed by atoms with E-state index in [1.807, 2.05) is 0 Å². The van der Waals surface area contributed by atoms with E-state index in [1.165, 1.54) is 7.11 Å². The van der Waals surface area contributed by atoms with Crippen molar-refractivity contribution < 1.29 is 23.4 Å². The van der Waals surface area contributed by atoms with Crippen LogP contribution in [0.25, 0.3) is 0 Å². The van der Waals surface area contributed by atoms with E-state index in [4.69, 9.17) is 18.6 Å². The number of benzene rings is 1. The maximum absolute atomic E-state index is 11.3. The minimum Gasteiger partial charge on any atom is -0.496 e. The van der Waals surface area contributed by atoms with Gasteiger partial charge in [0.1, 0.15) is 11.5 Å². The highest BCUT2D eigenvalue weighted by molar-refractivity contribution is 6.74. The lowest BCUT2D eigenvalue weighted by Crippen LogP contribution is -2.40. The average molecular weight is 340 g/mol. The van der Waals surface area contributed by atoms with Crippen LogP contribution in [-0.4, -0.2) is 35.6 Å². The van der Waals surface area contributed by atoms with Gasteiger partial charge in [0, 0.05) is 18.7 Å². The van der Waals surface area contributed by atoms with Gasteiger partial charge in [-0.05, 0) is 24.2 Å². The Bertz CT molecular complexity index is 535. The zero-order valence-electron chi connectivity index (χ0n) is 15.2. The molecule has 0 N–H and O–H groups in total. The van der Waals surface area contributed by atoms with Crippen molar-refractivity contribution in [1.82, 2.24) is 0 Å². The molecular formula is C17H28O5Si. The van der Waals surface area contributed by atoms with E-state index in [0.29, 0.717) is 23.7 Å². The highest BCUT2D eigenvalue weighted by Gasteiger charge is 2.37. The van der Waals surface area contributed by atoms with E-state index in [-0.39, 0.29) is 11.8 Å². The molecule has 0 aliphatic carbocycles. The van der Waals surface area contributed by atoms with E-state index >= 15 is 0 Å². The van der Waals surface area contributed by atoms with Crippen LogP contribution in [0.1, 0.15) is 36.7 Å². The molecular weight excluding hydrogens is 312 g/mol. The summed E-state index contributed by atoms with van der Waals surface area (Å²) in [5.74, 6) is 1.08. The molecule has 0 spiro atoms. The van der Waals surface area contributed by atoms with E-state index in [1.54, 1.807) is 19.2 Å². The van der Waals surface area contributed by atoms with Gasteiger partial charge in [-0.2, -0.15) is 0 Å². The topological polar surface area (TPSA) is 54.0 Å². The molecule has 0 saturated carbocycles. The maximum atomic E-state index is 11.3. The predicted molar refractivity (Wildman–Crippen MR) is 92.9 cm³/mol. The van der Waals surface area contributed by atoms with Crippen LogP contribution in [0.3, 0.4) is 0 Å². The van der Waals surface area contributed by atoms with E-state index in [2.05, 4.69) is 33.9 Å². The van der Waals surface area contributed by atoms with Gasteiger partial charge in [-0.15, -0.1) is 0 Å². The first-order chi connectivity index (χ1) is 10.7. The predicted octanol–water partition coefficient (Wildman–Crippen LogP) is 4.01. The van der Waals surface area contributed by atoms with Gasteiger partial charge in [-0.1, -0.05) is 20.8 Å². The first-order valence-electron chi connectivity index (χ1n) is 7.58. The van der Waals surface area contributed by atoms with Crippen molar-refractivity contribution in [2.75, 3.05) is 21.0 Å². The van der Waals surface area contributed by atoms with Crippen molar-refractivity contribution in [2.24, 2.45) is 0 Å². The number of hydrogen-bond donors (Lipinski definition) is 0. The van der Waals surface area contributed by atoms with Gasteiger partial charge in [-0.25, -0.2) is 0 Å². The smallest absolute Gasteiger partial charge is 0.192 e. The van der Waals surface area contributed by atoms with Crippen LogP contribution in [0.15, 0.2) is 12.1 Å². The molecule has 0 atom stereocenters. The van der Waals surface area contributed by atoms with Crippen LogP contribution in [0.4, 0.5) is 0 Å². The van der Waals surface area contributed by atoms with Crippen LogP contribution in [0.2, 0.25) is 18.1 Å². The summed E-state index contributed by atoms with van der Waals surface area (Å²) in [5, 5.41) is 0.120. The van der Waals surface area contributed by atoms with Crippen LogP contribution in [-0.2, 0) is 15.8 Å². The molecule has 0 saturated heterocycles. The molecule has 0 aliphatic heterocycles. The van der Waals surface area contributed by atoms with Gasteiger partial charge in [0.2, 0.25) is 0 Å². The Morgan fingerprint density at radius 2 is 1.78 bits per heavy atom. The fourth-order valence-electron chi connectivity index (χ4n) is 1.74. The molecule has 23 heavy (non-hydrogen) atoms. The number of rotatable bonds is 8. The Labute approximate surface area is 140 Å². The molecule has 0 aliphatic rings. The van der Waals surface area contributed by atoms with Crippen LogP contribution in [0.5, 0.6) is 11.5 Å². The largest absolute Gasteiger partial charge is 0.496 e. The lowest BCUT2D eigenvalue weighted by atomic mass is 10.1. The summed E-state index contributed by atoms with van der Waals surface area (Å²) in [7, 11) is 1.24. The summed E-state index contributed by atoms with van der Waals surface area (Å²) in [5.41, 5.74) is 1.29. The summed E-state index contributed by atoms with van der Waals surface area (Å²) < 4.78 is 21.9. The minimum atomic E-state index is -1.88. The standard InChI is InChI=1S/C17H28O5Si/c1-17(2,3)23(6,7)22-11-14-8-13(10-18)16(21-12-19-4)9-15(14)20-5/h8-10H,11-12H2,1-7H3. The molecule has 6 heteroatoms. The molecule has 0 bridgehead atoms. The van der Waals surface area contributed by atoms with Crippen molar-refractivity contribution in [1.29, 1.82) is 0 Å². The molecule has 5 nitrogen and oxygen atoms in total. The van der Waals surface area contributed by atoms with Crippen molar-refractivity contribution in [3.63, 3.8) is 0 Å². The van der Waals surface area contributed by atoms with Gasteiger partial charge in [0.25, 0.3) is 0 Å². The highest BCUT2D eigenvalue weighted by atomic mass is 28.4. The molecule has 1 aromatic rings. The lowest BCUT2D eigenvalue weighted by molar-refractivity contribution is 0.0503. The summed E-state index contributed by atoms with van der Waals surface area (Å²) in [6.45, 7) is 11.4. The third kappa shape index (κ3) is 5.05. The number of hydrogen-bond acceptors (Lipinski definition) is 5. The fraction of sp³-hybridized carbons (Fsp3) is 0.588. The Morgan fingerprint density at radius 3 is 2.26 bits per heavy atom. The van der Waals surface area contributed by atoms with Crippen LogP contribution >= 0.6 is 0 Å². The third-order valence-corrected chi connectivity index (χ3v) is 8.75. The minimum absolute atomic E-state index is 0.0732. The van der Waals surface area contributed by atoms with Crippen molar-refractivity contribution in [3.8, 4) is 11.5 Å². The zero-order valence-corrected chi connectivity index (χ0v) is 16.2. The molecule has 0 aromatic heterocycles. The van der Waals surface area contributed by atoms with Gasteiger partial charge in [-0.3, -0.25) is 4.79 Å². The Kier molecular flexibility index (Phi) is 6.79. The maximum Gasteiger partial charge on any atom is 0.192 e. The first kappa shape index (κ1) is 19.7. The van der Waals surface area contributed by atoms with E-state index < -0.39 is 8.32 Å². The van der Waals surface area contributed by atoms with Gasteiger partial charge < -0.3 is 18.6 Å². The number of carbonyl (C=O) groups excluding carboxylic acids is 1. The Balaban J connectivity index is 3.04.